The Morgan fingerprint density at radius 1 is 1.12 bits per heavy atom. The molecule has 0 aliphatic rings. The zero-order chi connectivity index (χ0) is 12.4. The normalized spacial score (nSPS) is 10.5. The summed E-state index contributed by atoms with van der Waals surface area (Å²) in [7, 11) is 0. The van der Waals surface area contributed by atoms with Crippen LogP contribution < -0.4 is 11.2 Å². The van der Waals surface area contributed by atoms with E-state index in [-0.39, 0.29) is 5.43 Å². The Morgan fingerprint density at radius 3 is 2.29 bits per heavy atom. The molecule has 17 heavy (non-hydrogen) atoms. The number of nitrogens with zero attached hydrogens (tertiary/aromatic N) is 1. The zero-order valence-corrected chi connectivity index (χ0v) is 10.1. The van der Waals surface area contributed by atoms with Crippen LogP contribution >= 0.6 is 0 Å². The summed E-state index contributed by atoms with van der Waals surface area (Å²) in [5, 5.41) is 0. The van der Waals surface area contributed by atoms with Gasteiger partial charge < -0.3 is 10.3 Å². The Kier molecular flexibility index (Phi) is 3.00. The Labute approximate surface area is 101 Å². The Morgan fingerprint density at radius 2 is 1.71 bits per heavy atom. The summed E-state index contributed by atoms with van der Waals surface area (Å²) < 4.78 is 2.09. The van der Waals surface area contributed by atoms with Crippen molar-refractivity contribution in [3.8, 4) is 0 Å². The molecule has 0 spiro atoms. The van der Waals surface area contributed by atoms with Crippen molar-refractivity contribution < 1.29 is 0 Å². The molecular formula is C14H16N2O. The van der Waals surface area contributed by atoms with Gasteiger partial charge in [-0.15, -0.1) is 0 Å². The highest BCUT2D eigenvalue weighted by Gasteiger charge is 2.04. The molecule has 2 rings (SSSR count). The van der Waals surface area contributed by atoms with Crippen LogP contribution in [0.1, 0.15) is 17.0 Å². The van der Waals surface area contributed by atoms with E-state index < -0.39 is 0 Å². The molecule has 0 bridgehead atoms. The largest absolute Gasteiger partial charge is 0.398 e. The van der Waals surface area contributed by atoms with E-state index in [0.717, 1.165) is 22.6 Å². The SMILES string of the molecule is Cc1cc(=O)cc(C)n1Cc1ccccc1N. The van der Waals surface area contributed by atoms with Crippen LogP contribution in [-0.2, 0) is 6.54 Å². The molecular weight excluding hydrogens is 212 g/mol. The summed E-state index contributed by atoms with van der Waals surface area (Å²) in [4.78, 5) is 11.3. The number of hydrogen-bond donors (Lipinski definition) is 1. The smallest absolute Gasteiger partial charge is 0.182 e. The number of anilines is 1. The van der Waals surface area contributed by atoms with Crippen LogP contribution in [-0.4, -0.2) is 4.57 Å². The molecule has 2 N–H and O–H groups in total. The highest BCUT2D eigenvalue weighted by molar-refractivity contribution is 5.46. The van der Waals surface area contributed by atoms with Gasteiger partial charge in [0.1, 0.15) is 0 Å². The molecule has 0 saturated heterocycles. The fourth-order valence-electron chi connectivity index (χ4n) is 1.99. The van der Waals surface area contributed by atoms with Crippen molar-refractivity contribution in [2.24, 2.45) is 0 Å². The Balaban J connectivity index is 2.44. The third-order valence-electron chi connectivity index (χ3n) is 2.94. The summed E-state index contributed by atoms with van der Waals surface area (Å²) in [5.74, 6) is 0. The third-order valence-corrected chi connectivity index (χ3v) is 2.94. The quantitative estimate of drug-likeness (QED) is 0.800. The molecule has 0 aliphatic heterocycles. The molecule has 1 aromatic carbocycles. The van der Waals surface area contributed by atoms with Crippen molar-refractivity contribution in [2.75, 3.05) is 5.73 Å². The van der Waals surface area contributed by atoms with Crippen molar-refractivity contribution >= 4 is 5.69 Å². The van der Waals surface area contributed by atoms with Gasteiger partial charge in [-0.1, -0.05) is 18.2 Å². The predicted molar refractivity (Wildman–Crippen MR) is 70.1 cm³/mol. The number of benzene rings is 1. The van der Waals surface area contributed by atoms with Gasteiger partial charge in [0, 0.05) is 35.8 Å². The standard InChI is InChI=1S/C14H16N2O/c1-10-7-13(17)8-11(2)16(10)9-12-5-3-4-6-14(12)15/h3-8H,9,15H2,1-2H3. The molecule has 1 heterocycles. The van der Waals surface area contributed by atoms with Crippen LogP contribution in [0, 0.1) is 13.8 Å². The minimum Gasteiger partial charge on any atom is -0.398 e. The Bertz CT molecular complexity index is 573. The summed E-state index contributed by atoms with van der Waals surface area (Å²) in [6, 6.07) is 11.1. The van der Waals surface area contributed by atoms with Crippen molar-refractivity contribution in [3.05, 3.63) is 63.6 Å². The first-order chi connectivity index (χ1) is 8.08. The number of nitrogen functional groups attached to an aromatic ring is 1. The molecule has 0 amide bonds. The van der Waals surface area contributed by atoms with Crippen LogP contribution in [0.25, 0.3) is 0 Å². The van der Waals surface area contributed by atoms with Crippen LogP contribution in [0.4, 0.5) is 5.69 Å². The fourth-order valence-corrected chi connectivity index (χ4v) is 1.99. The zero-order valence-electron chi connectivity index (χ0n) is 10.1. The minimum atomic E-state index is 0.0530. The first-order valence-electron chi connectivity index (χ1n) is 5.59. The van der Waals surface area contributed by atoms with Gasteiger partial charge in [-0.25, -0.2) is 0 Å². The van der Waals surface area contributed by atoms with Crippen LogP contribution in [0.3, 0.4) is 0 Å². The molecule has 0 atom stereocenters. The first-order valence-corrected chi connectivity index (χ1v) is 5.59. The number of pyridine rings is 1. The van der Waals surface area contributed by atoms with Gasteiger partial charge in [0.15, 0.2) is 5.43 Å². The second-order valence-corrected chi connectivity index (χ2v) is 4.26. The van der Waals surface area contributed by atoms with Crippen molar-refractivity contribution in [1.82, 2.24) is 4.57 Å². The summed E-state index contributed by atoms with van der Waals surface area (Å²) >= 11 is 0. The van der Waals surface area contributed by atoms with Gasteiger partial charge in [-0.2, -0.15) is 0 Å². The number of aromatic nitrogens is 1. The number of aryl methyl sites for hydroxylation is 2. The van der Waals surface area contributed by atoms with Crippen molar-refractivity contribution in [2.45, 2.75) is 20.4 Å². The molecule has 0 unspecified atom stereocenters. The average molecular weight is 228 g/mol. The second-order valence-electron chi connectivity index (χ2n) is 4.26. The number of para-hydroxylation sites is 1. The Hall–Kier alpha value is -2.03. The minimum absolute atomic E-state index is 0.0530. The van der Waals surface area contributed by atoms with Crippen LogP contribution in [0.5, 0.6) is 0 Å². The maximum absolute atomic E-state index is 11.3. The molecule has 3 nitrogen and oxygen atoms in total. The van der Waals surface area contributed by atoms with Gasteiger partial charge in [-0.3, -0.25) is 4.79 Å². The molecule has 3 heteroatoms. The lowest BCUT2D eigenvalue weighted by atomic mass is 10.1. The topological polar surface area (TPSA) is 48.0 Å². The van der Waals surface area contributed by atoms with E-state index in [1.54, 1.807) is 12.1 Å². The molecule has 88 valence electrons. The van der Waals surface area contributed by atoms with E-state index >= 15 is 0 Å². The summed E-state index contributed by atoms with van der Waals surface area (Å²) in [6.45, 7) is 4.58. The highest BCUT2D eigenvalue weighted by atomic mass is 16.1. The number of nitrogens with two attached hydrogens (primary N) is 1. The number of hydrogen-bond acceptors (Lipinski definition) is 2. The van der Waals surface area contributed by atoms with Crippen molar-refractivity contribution in [3.63, 3.8) is 0 Å². The molecule has 0 fully saturated rings. The van der Waals surface area contributed by atoms with E-state index in [0.29, 0.717) is 6.54 Å². The van der Waals surface area contributed by atoms with Gasteiger partial charge in [0.05, 0.1) is 0 Å². The van der Waals surface area contributed by atoms with E-state index in [1.165, 1.54) is 0 Å². The monoisotopic (exact) mass is 228 g/mol. The van der Waals surface area contributed by atoms with E-state index in [4.69, 9.17) is 5.73 Å². The predicted octanol–water partition coefficient (Wildman–Crippen LogP) is 2.10. The number of rotatable bonds is 2. The van der Waals surface area contributed by atoms with Crippen molar-refractivity contribution in [1.29, 1.82) is 0 Å². The molecule has 2 aromatic rings. The molecule has 0 aliphatic carbocycles. The van der Waals surface area contributed by atoms with E-state index in [2.05, 4.69) is 4.57 Å². The van der Waals surface area contributed by atoms with E-state index in [9.17, 15) is 4.79 Å². The highest BCUT2D eigenvalue weighted by Crippen LogP contribution is 2.14. The molecule has 0 saturated carbocycles. The van der Waals surface area contributed by atoms with Crippen LogP contribution in [0.2, 0.25) is 0 Å². The maximum atomic E-state index is 11.3. The summed E-state index contributed by atoms with van der Waals surface area (Å²) in [6.07, 6.45) is 0. The summed E-state index contributed by atoms with van der Waals surface area (Å²) in [5.41, 5.74) is 9.74. The van der Waals surface area contributed by atoms with Crippen LogP contribution in [0.15, 0.2) is 41.2 Å². The van der Waals surface area contributed by atoms with Gasteiger partial charge in [0.2, 0.25) is 0 Å². The fraction of sp³-hybridized carbons (Fsp3) is 0.214. The van der Waals surface area contributed by atoms with Gasteiger partial charge in [0.25, 0.3) is 0 Å². The lowest BCUT2D eigenvalue weighted by Gasteiger charge is -2.15. The third kappa shape index (κ3) is 2.38. The lowest BCUT2D eigenvalue weighted by molar-refractivity contribution is 0.729. The van der Waals surface area contributed by atoms with Gasteiger partial charge >= 0.3 is 0 Å². The molecule has 0 radical (unpaired) electrons. The lowest BCUT2D eigenvalue weighted by Crippen LogP contribution is -2.14. The van der Waals surface area contributed by atoms with Gasteiger partial charge in [-0.05, 0) is 25.5 Å². The maximum Gasteiger partial charge on any atom is 0.182 e. The molecule has 1 aromatic heterocycles. The first kappa shape index (κ1) is 11.5. The second kappa shape index (κ2) is 4.45. The van der Waals surface area contributed by atoms with E-state index in [1.807, 2.05) is 38.1 Å². The average Bonchev–Trinajstić information content (AvgIpc) is 2.25.